The fourth-order valence-corrected chi connectivity index (χ4v) is 1.17. The van der Waals surface area contributed by atoms with Gasteiger partial charge < -0.3 is 10.4 Å². The Bertz CT molecular complexity index is 368. The van der Waals surface area contributed by atoms with Gasteiger partial charge in [0.25, 0.3) is 0 Å². The molecule has 0 spiro atoms. The Kier molecular flexibility index (Phi) is 3.41. The Morgan fingerprint density at radius 3 is 3.00 bits per heavy atom. The van der Waals surface area contributed by atoms with Crippen molar-refractivity contribution in [2.24, 2.45) is 0 Å². The number of aromatic carboxylic acids is 1. The standard InChI is InChI=1S/C8H7ClN2O3/c9-7-5(8(13)14)1-2-11-6(7)3-10-4-12/h1-2,4H,3H2,(H,10,12)(H,13,14). The lowest BCUT2D eigenvalue weighted by molar-refractivity contribution is -0.109. The third-order valence-corrected chi connectivity index (χ3v) is 1.97. The van der Waals surface area contributed by atoms with Crippen molar-refractivity contribution in [2.45, 2.75) is 6.54 Å². The quantitative estimate of drug-likeness (QED) is 0.723. The number of nitrogens with zero attached hydrogens (tertiary/aromatic N) is 1. The van der Waals surface area contributed by atoms with Crippen LogP contribution in [-0.2, 0) is 11.3 Å². The zero-order valence-electron chi connectivity index (χ0n) is 7.03. The maximum atomic E-state index is 10.6. The normalized spacial score (nSPS) is 9.50. The van der Waals surface area contributed by atoms with Gasteiger partial charge in [-0.25, -0.2) is 4.79 Å². The first-order chi connectivity index (χ1) is 6.66. The summed E-state index contributed by atoms with van der Waals surface area (Å²) in [6, 6.07) is 1.30. The predicted molar refractivity (Wildman–Crippen MR) is 49.1 cm³/mol. The molecule has 0 bridgehead atoms. The molecule has 0 atom stereocenters. The SMILES string of the molecule is O=CNCc1nccc(C(=O)O)c1Cl. The van der Waals surface area contributed by atoms with E-state index >= 15 is 0 Å². The van der Waals surface area contributed by atoms with Crippen LogP contribution in [0.3, 0.4) is 0 Å². The molecule has 0 saturated carbocycles. The first kappa shape index (κ1) is 10.5. The average Bonchev–Trinajstić information content (AvgIpc) is 2.16. The van der Waals surface area contributed by atoms with Gasteiger partial charge in [0.1, 0.15) is 0 Å². The average molecular weight is 215 g/mol. The van der Waals surface area contributed by atoms with Crippen molar-refractivity contribution in [3.63, 3.8) is 0 Å². The molecule has 1 amide bonds. The zero-order chi connectivity index (χ0) is 10.6. The number of amides is 1. The summed E-state index contributed by atoms with van der Waals surface area (Å²) in [5, 5.41) is 11.1. The monoisotopic (exact) mass is 214 g/mol. The largest absolute Gasteiger partial charge is 0.478 e. The minimum Gasteiger partial charge on any atom is -0.478 e. The Morgan fingerprint density at radius 1 is 1.71 bits per heavy atom. The second-order valence-corrected chi connectivity index (χ2v) is 2.80. The predicted octanol–water partition coefficient (Wildman–Crippen LogP) is 0.679. The van der Waals surface area contributed by atoms with Crippen LogP contribution >= 0.6 is 11.6 Å². The molecule has 0 aliphatic heterocycles. The van der Waals surface area contributed by atoms with E-state index in [1.165, 1.54) is 12.3 Å². The topological polar surface area (TPSA) is 79.3 Å². The molecule has 0 fully saturated rings. The van der Waals surface area contributed by atoms with Crippen LogP contribution in [-0.4, -0.2) is 22.5 Å². The van der Waals surface area contributed by atoms with E-state index in [1.54, 1.807) is 0 Å². The van der Waals surface area contributed by atoms with Gasteiger partial charge >= 0.3 is 5.97 Å². The Morgan fingerprint density at radius 2 is 2.43 bits per heavy atom. The number of carbonyl (C=O) groups is 2. The third-order valence-electron chi connectivity index (χ3n) is 1.54. The lowest BCUT2D eigenvalue weighted by atomic mass is 10.2. The maximum Gasteiger partial charge on any atom is 0.337 e. The molecular formula is C8H7ClN2O3. The summed E-state index contributed by atoms with van der Waals surface area (Å²) >= 11 is 5.74. The van der Waals surface area contributed by atoms with Crippen molar-refractivity contribution in [1.82, 2.24) is 10.3 Å². The van der Waals surface area contributed by atoms with E-state index in [4.69, 9.17) is 16.7 Å². The minimum absolute atomic E-state index is 0.0237. The van der Waals surface area contributed by atoms with E-state index in [2.05, 4.69) is 10.3 Å². The molecule has 0 aromatic carbocycles. The van der Waals surface area contributed by atoms with Gasteiger partial charge in [0.15, 0.2) is 0 Å². The molecule has 0 unspecified atom stereocenters. The van der Waals surface area contributed by atoms with E-state index in [0.717, 1.165) is 0 Å². The van der Waals surface area contributed by atoms with Gasteiger partial charge in [-0.2, -0.15) is 0 Å². The van der Waals surface area contributed by atoms with E-state index < -0.39 is 5.97 Å². The highest BCUT2D eigenvalue weighted by Gasteiger charge is 2.12. The van der Waals surface area contributed by atoms with Gasteiger partial charge in [0.05, 0.1) is 22.8 Å². The Labute approximate surface area is 84.7 Å². The molecule has 0 aliphatic carbocycles. The number of nitrogens with one attached hydrogen (secondary N) is 1. The van der Waals surface area contributed by atoms with Crippen LogP contribution in [0.1, 0.15) is 16.1 Å². The van der Waals surface area contributed by atoms with E-state index in [9.17, 15) is 9.59 Å². The van der Waals surface area contributed by atoms with E-state index in [0.29, 0.717) is 12.1 Å². The number of pyridine rings is 1. The summed E-state index contributed by atoms with van der Waals surface area (Å²) in [4.78, 5) is 24.5. The molecule has 1 aromatic rings. The van der Waals surface area contributed by atoms with E-state index in [1.807, 2.05) is 0 Å². The highest BCUT2D eigenvalue weighted by atomic mass is 35.5. The number of hydrogen-bond acceptors (Lipinski definition) is 3. The Balaban J connectivity index is 3.01. The summed E-state index contributed by atoms with van der Waals surface area (Å²) < 4.78 is 0. The number of halogens is 1. The van der Waals surface area contributed by atoms with Crippen LogP contribution in [0, 0.1) is 0 Å². The summed E-state index contributed by atoms with van der Waals surface area (Å²) in [7, 11) is 0. The molecule has 74 valence electrons. The lowest BCUT2D eigenvalue weighted by Crippen LogP contribution is -2.13. The summed E-state index contributed by atoms with van der Waals surface area (Å²) in [5.74, 6) is -1.12. The van der Waals surface area contributed by atoms with Gasteiger partial charge in [-0.15, -0.1) is 0 Å². The second-order valence-electron chi connectivity index (χ2n) is 2.42. The van der Waals surface area contributed by atoms with Crippen molar-refractivity contribution in [3.05, 3.63) is 28.5 Å². The van der Waals surface area contributed by atoms with Crippen LogP contribution in [0.15, 0.2) is 12.3 Å². The molecule has 5 nitrogen and oxygen atoms in total. The van der Waals surface area contributed by atoms with Crippen molar-refractivity contribution in [3.8, 4) is 0 Å². The molecule has 6 heteroatoms. The summed E-state index contributed by atoms with van der Waals surface area (Å²) in [6.45, 7) is 0.115. The van der Waals surface area contributed by atoms with Crippen molar-refractivity contribution >= 4 is 24.0 Å². The van der Waals surface area contributed by atoms with Crippen molar-refractivity contribution in [1.29, 1.82) is 0 Å². The molecule has 0 aliphatic rings. The smallest absolute Gasteiger partial charge is 0.337 e. The molecule has 0 radical (unpaired) electrons. The highest BCUT2D eigenvalue weighted by molar-refractivity contribution is 6.34. The fraction of sp³-hybridized carbons (Fsp3) is 0.125. The lowest BCUT2D eigenvalue weighted by Gasteiger charge is -2.04. The van der Waals surface area contributed by atoms with Gasteiger partial charge in [0, 0.05) is 6.20 Å². The van der Waals surface area contributed by atoms with E-state index in [-0.39, 0.29) is 17.1 Å². The van der Waals surface area contributed by atoms with Crippen LogP contribution in [0.5, 0.6) is 0 Å². The zero-order valence-corrected chi connectivity index (χ0v) is 7.78. The minimum atomic E-state index is -1.12. The number of carbonyl (C=O) groups excluding carboxylic acids is 1. The Hall–Kier alpha value is -1.62. The van der Waals surface area contributed by atoms with Gasteiger partial charge in [-0.05, 0) is 6.07 Å². The molecule has 1 heterocycles. The second kappa shape index (κ2) is 4.57. The molecule has 2 N–H and O–H groups in total. The first-order valence-electron chi connectivity index (χ1n) is 3.70. The third kappa shape index (κ3) is 2.20. The molecule has 0 saturated heterocycles. The number of aromatic nitrogens is 1. The summed E-state index contributed by atoms with van der Waals surface area (Å²) in [5.41, 5.74) is 0.308. The molecule has 1 aromatic heterocycles. The van der Waals surface area contributed by atoms with Crippen molar-refractivity contribution in [2.75, 3.05) is 0 Å². The van der Waals surface area contributed by atoms with Crippen LogP contribution < -0.4 is 5.32 Å². The van der Waals surface area contributed by atoms with Crippen LogP contribution in [0.4, 0.5) is 0 Å². The molecule has 14 heavy (non-hydrogen) atoms. The summed E-state index contributed by atoms with van der Waals surface area (Å²) in [6.07, 6.45) is 1.82. The van der Waals surface area contributed by atoms with Gasteiger partial charge in [0.2, 0.25) is 6.41 Å². The number of carboxylic acid groups (broad SMARTS) is 1. The number of rotatable bonds is 4. The fourth-order valence-electron chi connectivity index (χ4n) is 0.914. The van der Waals surface area contributed by atoms with Gasteiger partial charge in [-0.3, -0.25) is 9.78 Å². The van der Waals surface area contributed by atoms with Crippen molar-refractivity contribution < 1.29 is 14.7 Å². The van der Waals surface area contributed by atoms with Gasteiger partial charge in [-0.1, -0.05) is 11.6 Å². The highest BCUT2D eigenvalue weighted by Crippen LogP contribution is 2.18. The molecule has 1 rings (SSSR count). The molecular weight excluding hydrogens is 208 g/mol. The van der Waals surface area contributed by atoms with Crippen LogP contribution in [0.25, 0.3) is 0 Å². The first-order valence-corrected chi connectivity index (χ1v) is 4.08. The maximum absolute atomic E-state index is 10.6. The number of hydrogen-bond donors (Lipinski definition) is 2. The van der Waals surface area contributed by atoms with Crippen LogP contribution in [0.2, 0.25) is 5.02 Å². The number of carboxylic acids is 1.